The number of aliphatic hydroxyl groups is 1. The van der Waals surface area contributed by atoms with E-state index in [1.54, 1.807) is 12.1 Å². The second-order valence-electron chi connectivity index (χ2n) is 8.98. The number of fused-ring (bicyclic) bond motifs is 1. The van der Waals surface area contributed by atoms with E-state index in [4.69, 9.17) is 0 Å². The third-order valence-corrected chi connectivity index (χ3v) is 7.37. The minimum Gasteiger partial charge on any atom is -0.389 e. The summed E-state index contributed by atoms with van der Waals surface area (Å²) in [5.41, 5.74) is 2.63. The van der Waals surface area contributed by atoms with Crippen LogP contribution in [0.5, 0.6) is 0 Å². The first-order valence-corrected chi connectivity index (χ1v) is 11.6. The molecule has 2 aromatic carbocycles. The Hall–Kier alpha value is -1.91. The topological polar surface area (TPSA) is 26.7 Å². The molecule has 1 heterocycles. The smallest absolute Gasteiger partial charge is 0.127 e. The second-order valence-corrected chi connectivity index (χ2v) is 8.98. The largest absolute Gasteiger partial charge is 0.389 e. The van der Waals surface area contributed by atoms with Gasteiger partial charge in [0.2, 0.25) is 0 Å². The molecule has 3 atom stereocenters. The van der Waals surface area contributed by atoms with Gasteiger partial charge in [0.1, 0.15) is 5.82 Å². The number of halogens is 1. The summed E-state index contributed by atoms with van der Waals surface area (Å²) in [5.74, 6) is 0.0590. The maximum Gasteiger partial charge on any atom is 0.127 e. The predicted molar refractivity (Wildman–Crippen MR) is 121 cm³/mol. The van der Waals surface area contributed by atoms with Crippen molar-refractivity contribution in [1.29, 1.82) is 0 Å². The fraction of sp³-hybridized carbons (Fsp3) is 0.538. The first-order valence-electron chi connectivity index (χ1n) is 11.6. The molecule has 2 aliphatic rings. The lowest BCUT2D eigenvalue weighted by atomic mass is 9.66. The minimum absolute atomic E-state index is 0.120. The van der Waals surface area contributed by atoms with Crippen molar-refractivity contribution in [3.05, 3.63) is 65.5 Å². The lowest BCUT2D eigenvalue weighted by Gasteiger charge is -2.53. The number of piperidine rings is 1. The van der Waals surface area contributed by atoms with E-state index in [2.05, 4.69) is 47.9 Å². The van der Waals surface area contributed by atoms with Crippen molar-refractivity contribution in [2.24, 2.45) is 5.92 Å². The minimum atomic E-state index is -0.591. The number of rotatable bonds is 6. The molecule has 4 heteroatoms. The fourth-order valence-corrected chi connectivity index (χ4v) is 5.68. The van der Waals surface area contributed by atoms with Crippen LogP contribution in [-0.2, 0) is 6.54 Å². The van der Waals surface area contributed by atoms with Gasteiger partial charge in [0.25, 0.3) is 0 Å². The molecule has 3 nitrogen and oxygen atoms in total. The van der Waals surface area contributed by atoms with E-state index < -0.39 is 5.60 Å². The van der Waals surface area contributed by atoms with Crippen molar-refractivity contribution in [2.75, 3.05) is 24.5 Å². The predicted octanol–water partition coefficient (Wildman–Crippen LogP) is 5.54. The van der Waals surface area contributed by atoms with Crippen LogP contribution in [0.3, 0.4) is 0 Å². The molecule has 1 saturated heterocycles. The molecule has 0 unspecified atom stereocenters. The van der Waals surface area contributed by atoms with Gasteiger partial charge in [0, 0.05) is 49.4 Å². The van der Waals surface area contributed by atoms with Gasteiger partial charge in [-0.05, 0) is 56.9 Å². The normalized spacial score (nSPS) is 26.9. The maximum atomic E-state index is 14.4. The van der Waals surface area contributed by atoms with E-state index in [0.717, 1.165) is 57.3 Å². The lowest BCUT2D eigenvalue weighted by Crippen LogP contribution is -2.54. The number of likely N-dealkylation sites (tertiary alicyclic amines) is 1. The SMILES string of the molecule is CCN(CC)c1ccc([C@H]2[C@H]3CCCC[C@@]3(O)CCN2Cc2ccccc2F)cc1. The van der Waals surface area contributed by atoms with Crippen molar-refractivity contribution in [2.45, 2.75) is 64.1 Å². The Morgan fingerprint density at radius 1 is 1.03 bits per heavy atom. The molecule has 2 fully saturated rings. The van der Waals surface area contributed by atoms with E-state index in [1.807, 2.05) is 12.1 Å². The van der Waals surface area contributed by atoms with Crippen LogP contribution in [0.1, 0.15) is 63.1 Å². The first kappa shape index (κ1) is 21.3. The Balaban J connectivity index is 1.67. The number of hydrogen-bond acceptors (Lipinski definition) is 3. The van der Waals surface area contributed by atoms with Crippen molar-refractivity contribution < 1.29 is 9.50 Å². The highest BCUT2D eigenvalue weighted by atomic mass is 19.1. The number of hydrogen-bond donors (Lipinski definition) is 1. The highest BCUT2D eigenvalue weighted by Crippen LogP contribution is 2.49. The standard InChI is InChI=1S/C26H35FN2O/c1-3-28(4-2)22-14-12-20(13-15-22)25-23-10-7-8-16-26(23,30)17-18-29(25)19-21-9-5-6-11-24(21)27/h5-6,9,11-15,23,25,30H,3-4,7-8,10,16-19H2,1-2H3/t23-,25+,26-/m1/s1. The van der Waals surface area contributed by atoms with Crippen LogP contribution >= 0.6 is 0 Å². The summed E-state index contributed by atoms with van der Waals surface area (Å²) >= 11 is 0. The summed E-state index contributed by atoms with van der Waals surface area (Å²) in [5, 5.41) is 11.5. The van der Waals surface area contributed by atoms with Crippen LogP contribution in [0.25, 0.3) is 0 Å². The van der Waals surface area contributed by atoms with Crippen LogP contribution in [-0.4, -0.2) is 35.2 Å². The van der Waals surface area contributed by atoms with Crippen molar-refractivity contribution in [3.8, 4) is 0 Å². The van der Waals surface area contributed by atoms with E-state index >= 15 is 0 Å². The highest BCUT2D eigenvalue weighted by molar-refractivity contribution is 5.48. The molecule has 0 amide bonds. The monoisotopic (exact) mass is 410 g/mol. The molecule has 0 aromatic heterocycles. The van der Waals surface area contributed by atoms with Crippen LogP contribution in [0.4, 0.5) is 10.1 Å². The molecule has 0 spiro atoms. The van der Waals surface area contributed by atoms with Crippen LogP contribution in [0.15, 0.2) is 48.5 Å². The molecule has 0 bridgehead atoms. The number of anilines is 1. The van der Waals surface area contributed by atoms with Crippen LogP contribution in [0, 0.1) is 11.7 Å². The Bertz CT molecular complexity index is 835. The summed E-state index contributed by atoms with van der Waals surface area (Å²) in [6.45, 7) is 7.71. The number of benzene rings is 2. The molecular weight excluding hydrogens is 375 g/mol. The van der Waals surface area contributed by atoms with E-state index in [-0.39, 0.29) is 17.8 Å². The molecule has 1 N–H and O–H groups in total. The van der Waals surface area contributed by atoms with Gasteiger partial charge >= 0.3 is 0 Å². The molecular formula is C26H35FN2O. The molecule has 1 aliphatic carbocycles. The first-order chi connectivity index (χ1) is 14.6. The molecule has 1 saturated carbocycles. The van der Waals surface area contributed by atoms with Gasteiger partial charge in [-0.25, -0.2) is 4.39 Å². The quantitative estimate of drug-likeness (QED) is 0.677. The van der Waals surface area contributed by atoms with Crippen LogP contribution < -0.4 is 4.90 Å². The van der Waals surface area contributed by atoms with Crippen molar-refractivity contribution >= 4 is 5.69 Å². The van der Waals surface area contributed by atoms with E-state index in [1.165, 1.54) is 11.3 Å². The molecule has 1 aliphatic heterocycles. The molecule has 0 radical (unpaired) electrons. The van der Waals surface area contributed by atoms with Gasteiger partial charge < -0.3 is 10.0 Å². The lowest BCUT2D eigenvalue weighted by molar-refractivity contribution is -0.126. The van der Waals surface area contributed by atoms with Gasteiger partial charge in [-0.2, -0.15) is 0 Å². The van der Waals surface area contributed by atoms with Gasteiger partial charge in [-0.1, -0.05) is 43.2 Å². The van der Waals surface area contributed by atoms with Crippen molar-refractivity contribution in [1.82, 2.24) is 4.90 Å². The van der Waals surface area contributed by atoms with Crippen LogP contribution in [0.2, 0.25) is 0 Å². The van der Waals surface area contributed by atoms with E-state index in [9.17, 15) is 9.50 Å². The van der Waals surface area contributed by atoms with E-state index in [0.29, 0.717) is 6.54 Å². The van der Waals surface area contributed by atoms with Gasteiger partial charge in [-0.15, -0.1) is 0 Å². The maximum absolute atomic E-state index is 14.4. The average Bonchev–Trinajstić information content (AvgIpc) is 2.77. The van der Waals surface area contributed by atoms with Gasteiger partial charge in [-0.3, -0.25) is 4.90 Å². The molecule has 2 aromatic rings. The Morgan fingerprint density at radius 3 is 2.47 bits per heavy atom. The zero-order valence-electron chi connectivity index (χ0n) is 18.4. The molecule has 4 rings (SSSR count). The summed E-state index contributed by atoms with van der Waals surface area (Å²) in [4.78, 5) is 4.74. The average molecular weight is 411 g/mol. The molecule has 162 valence electrons. The van der Waals surface area contributed by atoms with Gasteiger partial charge in [0.05, 0.1) is 5.60 Å². The fourth-order valence-electron chi connectivity index (χ4n) is 5.68. The second kappa shape index (κ2) is 9.07. The third kappa shape index (κ3) is 4.13. The Kier molecular flexibility index (Phi) is 6.45. The summed E-state index contributed by atoms with van der Waals surface area (Å²) in [7, 11) is 0. The summed E-state index contributed by atoms with van der Waals surface area (Å²) in [6, 6.07) is 16.1. The summed E-state index contributed by atoms with van der Waals surface area (Å²) in [6.07, 6.45) is 4.97. The Morgan fingerprint density at radius 2 is 1.77 bits per heavy atom. The summed E-state index contributed by atoms with van der Waals surface area (Å²) < 4.78 is 14.4. The number of nitrogens with zero attached hydrogens (tertiary/aromatic N) is 2. The highest BCUT2D eigenvalue weighted by Gasteiger charge is 2.48. The molecule has 30 heavy (non-hydrogen) atoms. The van der Waals surface area contributed by atoms with Crippen molar-refractivity contribution in [3.63, 3.8) is 0 Å². The third-order valence-electron chi connectivity index (χ3n) is 7.37. The zero-order chi connectivity index (χ0) is 21.1. The Labute approximate surface area is 180 Å². The zero-order valence-corrected chi connectivity index (χ0v) is 18.4. The van der Waals surface area contributed by atoms with Gasteiger partial charge in [0.15, 0.2) is 0 Å².